The first kappa shape index (κ1) is 24.7. The van der Waals surface area contributed by atoms with Crippen LogP contribution in [0.5, 0.6) is 11.6 Å². The second-order valence-electron chi connectivity index (χ2n) is 7.34. The van der Waals surface area contributed by atoms with Crippen LogP contribution in [0.1, 0.15) is 29.6 Å². The summed E-state index contributed by atoms with van der Waals surface area (Å²) >= 11 is 9.82. The maximum atomic E-state index is 12.8. The summed E-state index contributed by atoms with van der Waals surface area (Å²) < 4.78 is 45.2. The van der Waals surface area contributed by atoms with E-state index in [0.29, 0.717) is 10.7 Å². The third kappa shape index (κ3) is 6.11. The topological polar surface area (TPSA) is 103 Å². The number of primary amides is 1. The average Bonchev–Trinajstić information content (AvgIpc) is 3.40. The molecule has 176 valence electrons. The largest absolute Gasteiger partial charge is 0.507 e. The van der Waals surface area contributed by atoms with E-state index in [1.807, 2.05) is 6.07 Å². The normalized spacial score (nSPS) is 14.2. The van der Waals surface area contributed by atoms with E-state index in [0.717, 1.165) is 0 Å². The Labute approximate surface area is 197 Å². The number of pyridine rings is 1. The van der Waals surface area contributed by atoms with Gasteiger partial charge < -0.3 is 15.6 Å². The fourth-order valence-electron chi connectivity index (χ4n) is 2.89. The minimum absolute atomic E-state index is 0.0659. The summed E-state index contributed by atoms with van der Waals surface area (Å²) in [6.45, 7) is -0.0781. The molecule has 0 spiro atoms. The van der Waals surface area contributed by atoms with Crippen LogP contribution in [0.15, 0.2) is 53.6 Å². The molecule has 0 atom stereocenters. The number of phenols is 1. The van der Waals surface area contributed by atoms with Crippen molar-refractivity contribution in [1.29, 1.82) is 0 Å². The molecule has 0 saturated heterocycles. The Bertz CT molecular complexity index is 1110. The highest BCUT2D eigenvalue weighted by Crippen LogP contribution is 2.59. The summed E-state index contributed by atoms with van der Waals surface area (Å²) in [4.78, 5) is 15.7. The second kappa shape index (κ2) is 9.92. The highest BCUT2D eigenvalue weighted by molar-refractivity contribution is 7.80. The van der Waals surface area contributed by atoms with Crippen molar-refractivity contribution in [3.05, 3.63) is 59.4 Å². The zero-order valence-corrected chi connectivity index (χ0v) is 18.7. The molecule has 33 heavy (non-hydrogen) atoms. The Morgan fingerprint density at radius 2 is 1.94 bits per heavy atom. The van der Waals surface area contributed by atoms with Crippen molar-refractivity contribution in [2.75, 3.05) is 6.61 Å². The molecule has 0 radical (unpaired) electrons. The van der Waals surface area contributed by atoms with Crippen molar-refractivity contribution in [3.63, 3.8) is 0 Å². The fourth-order valence-corrected chi connectivity index (χ4v) is 3.29. The number of benzene rings is 1. The van der Waals surface area contributed by atoms with Crippen LogP contribution in [-0.4, -0.2) is 38.6 Å². The van der Waals surface area contributed by atoms with E-state index in [1.165, 1.54) is 29.1 Å². The summed E-state index contributed by atoms with van der Waals surface area (Å²) in [5.74, 6) is 0.0247. The van der Waals surface area contributed by atoms with Gasteiger partial charge in [-0.05, 0) is 43.5 Å². The lowest BCUT2D eigenvalue weighted by Crippen LogP contribution is -2.26. The van der Waals surface area contributed by atoms with E-state index in [1.54, 1.807) is 18.2 Å². The van der Waals surface area contributed by atoms with E-state index in [2.05, 4.69) is 22.7 Å². The quantitative estimate of drug-likeness (QED) is 0.333. The van der Waals surface area contributed by atoms with Crippen LogP contribution in [0, 0.1) is 5.41 Å². The third-order valence-electron chi connectivity index (χ3n) is 5.07. The number of nitrogens with zero attached hydrogens (tertiary/aromatic N) is 3. The molecule has 1 aliphatic carbocycles. The molecule has 1 amide bonds. The van der Waals surface area contributed by atoms with Gasteiger partial charge in [0, 0.05) is 17.2 Å². The van der Waals surface area contributed by atoms with Gasteiger partial charge in [-0.25, -0.2) is 9.67 Å². The van der Waals surface area contributed by atoms with E-state index in [4.69, 9.17) is 27.2 Å². The lowest BCUT2D eigenvalue weighted by Gasteiger charge is -2.18. The monoisotopic (exact) mass is 500 g/mol. The van der Waals surface area contributed by atoms with Crippen LogP contribution < -0.4 is 10.5 Å². The van der Waals surface area contributed by atoms with Crippen LogP contribution in [0.25, 0.3) is 5.82 Å². The van der Waals surface area contributed by atoms with Gasteiger partial charge in [-0.1, -0.05) is 23.7 Å². The van der Waals surface area contributed by atoms with Crippen LogP contribution >= 0.6 is 24.2 Å². The Kier molecular flexibility index (Phi) is 7.43. The molecule has 12 heteroatoms. The van der Waals surface area contributed by atoms with E-state index < -0.39 is 17.5 Å². The standard InChI is InChI=1S/C15H14ClF3N4O2.C6H6OS/c16-12-9(13(20)24)1-2-10(21-12)23-7-3-11(22-23)25-8-6-14(4-5-14)15(17,18)19;7-5-3-1-2-4-6(5)8/h1-3,7H,4-6,8H2,(H2,20,24);1-4,7-8H. The SMILES string of the molecule is NC(=O)c1ccc(-n2ccc(OCCC3(C(F)(F)F)CC3)n2)nc1Cl.Oc1ccccc1S. The number of phenolic OH excluding ortho intramolecular Hbond substituents is 1. The van der Waals surface area contributed by atoms with Crippen molar-refractivity contribution in [3.8, 4) is 17.4 Å². The molecule has 3 aromatic rings. The molecule has 0 bridgehead atoms. The molecule has 3 N–H and O–H groups in total. The van der Waals surface area contributed by atoms with Crippen molar-refractivity contribution in [2.24, 2.45) is 11.1 Å². The molecule has 0 aliphatic heterocycles. The zero-order chi connectivity index (χ0) is 24.2. The Morgan fingerprint density at radius 1 is 1.24 bits per heavy atom. The number of hydrogen-bond acceptors (Lipinski definition) is 6. The van der Waals surface area contributed by atoms with E-state index in [9.17, 15) is 18.0 Å². The molecule has 7 nitrogen and oxygen atoms in total. The number of aromatic nitrogens is 3. The first-order valence-corrected chi connectivity index (χ1v) is 10.5. The number of aromatic hydroxyl groups is 1. The van der Waals surface area contributed by atoms with E-state index in [-0.39, 0.29) is 48.2 Å². The maximum Gasteiger partial charge on any atom is 0.394 e. The molecule has 4 rings (SSSR count). The number of amides is 1. The zero-order valence-electron chi connectivity index (χ0n) is 17.1. The summed E-state index contributed by atoms with van der Waals surface area (Å²) in [5.41, 5.74) is 3.62. The highest BCUT2D eigenvalue weighted by atomic mass is 35.5. The molecule has 1 fully saturated rings. The molecule has 2 heterocycles. The molecular weight excluding hydrogens is 481 g/mol. The van der Waals surface area contributed by atoms with Crippen LogP contribution in [0.4, 0.5) is 13.2 Å². The van der Waals surface area contributed by atoms with Gasteiger partial charge in [0.2, 0.25) is 5.88 Å². The summed E-state index contributed by atoms with van der Waals surface area (Å²) in [7, 11) is 0. The van der Waals surface area contributed by atoms with Crippen molar-refractivity contribution in [1.82, 2.24) is 14.8 Å². The predicted molar refractivity (Wildman–Crippen MR) is 118 cm³/mol. The number of thiol groups is 1. The third-order valence-corrected chi connectivity index (χ3v) is 5.73. The molecule has 1 aromatic carbocycles. The van der Waals surface area contributed by atoms with Gasteiger partial charge in [0.25, 0.3) is 5.91 Å². The Balaban J connectivity index is 0.000000323. The number of carbonyl (C=O) groups excluding carboxylic acids is 1. The van der Waals surface area contributed by atoms with Gasteiger partial charge >= 0.3 is 6.18 Å². The van der Waals surface area contributed by atoms with Gasteiger partial charge in [-0.15, -0.1) is 17.7 Å². The Morgan fingerprint density at radius 3 is 2.45 bits per heavy atom. The first-order valence-electron chi connectivity index (χ1n) is 9.71. The second-order valence-corrected chi connectivity index (χ2v) is 8.18. The van der Waals surface area contributed by atoms with Crippen LogP contribution in [-0.2, 0) is 0 Å². The minimum atomic E-state index is -4.20. The fraction of sp³-hybridized carbons (Fsp3) is 0.286. The lowest BCUT2D eigenvalue weighted by atomic mass is 10.0. The molecule has 1 saturated carbocycles. The van der Waals surface area contributed by atoms with Crippen molar-refractivity contribution in [2.45, 2.75) is 30.3 Å². The van der Waals surface area contributed by atoms with Gasteiger partial charge in [-0.3, -0.25) is 4.79 Å². The maximum absolute atomic E-state index is 12.8. The number of halogens is 4. The summed E-state index contributed by atoms with van der Waals surface area (Å²) in [6, 6.07) is 11.3. The van der Waals surface area contributed by atoms with Gasteiger partial charge in [-0.2, -0.15) is 13.2 Å². The summed E-state index contributed by atoms with van der Waals surface area (Å²) in [5, 5.41) is 12.9. The van der Waals surface area contributed by atoms with Crippen LogP contribution in [0.3, 0.4) is 0 Å². The van der Waals surface area contributed by atoms with Crippen LogP contribution in [0.2, 0.25) is 5.15 Å². The highest BCUT2D eigenvalue weighted by Gasteiger charge is 2.62. The molecule has 1 aliphatic rings. The number of alkyl halides is 3. The number of ether oxygens (including phenoxy) is 1. The molecular formula is C21H20ClF3N4O3S. The van der Waals surface area contributed by atoms with Gasteiger partial charge in [0.1, 0.15) is 10.9 Å². The smallest absolute Gasteiger partial charge is 0.394 e. The van der Waals surface area contributed by atoms with Gasteiger partial charge in [0.15, 0.2) is 5.82 Å². The molecule has 0 unspecified atom stereocenters. The predicted octanol–water partition coefficient (Wildman–Crippen LogP) is 4.81. The Hall–Kier alpha value is -2.92. The number of hydrogen-bond donors (Lipinski definition) is 3. The average molecular weight is 501 g/mol. The number of para-hydroxylation sites is 1. The number of rotatable bonds is 6. The van der Waals surface area contributed by atoms with Crippen molar-refractivity contribution < 1.29 is 27.8 Å². The minimum Gasteiger partial charge on any atom is -0.507 e. The summed E-state index contributed by atoms with van der Waals surface area (Å²) in [6.07, 6.45) is -2.49. The number of nitrogens with two attached hydrogens (primary N) is 1. The first-order chi connectivity index (χ1) is 15.5. The van der Waals surface area contributed by atoms with Crippen molar-refractivity contribution >= 4 is 30.1 Å². The number of carbonyl (C=O) groups is 1. The van der Waals surface area contributed by atoms with E-state index >= 15 is 0 Å². The lowest BCUT2D eigenvalue weighted by molar-refractivity contribution is -0.190. The van der Waals surface area contributed by atoms with Gasteiger partial charge in [0.05, 0.1) is 17.6 Å². The molecule has 2 aromatic heterocycles.